The summed E-state index contributed by atoms with van der Waals surface area (Å²) in [6, 6.07) is 0. The van der Waals surface area contributed by atoms with Crippen molar-refractivity contribution >= 4 is 17.9 Å². The van der Waals surface area contributed by atoms with Gasteiger partial charge in [-0.05, 0) is 25.2 Å². The van der Waals surface area contributed by atoms with E-state index in [9.17, 15) is 14.4 Å². The Hall–Kier alpha value is -1.59. The van der Waals surface area contributed by atoms with E-state index in [-0.39, 0.29) is 31.1 Å². The van der Waals surface area contributed by atoms with Crippen molar-refractivity contribution in [3.05, 3.63) is 0 Å². The zero-order chi connectivity index (χ0) is 30.4. The molecule has 41 heavy (non-hydrogen) atoms. The van der Waals surface area contributed by atoms with Gasteiger partial charge in [0, 0.05) is 19.3 Å². The Bertz CT molecular complexity index is 618. The normalized spacial score (nSPS) is 11.9. The van der Waals surface area contributed by atoms with Crippen LogP contribution in [0.25, 0.3) is 0 Å². The lowest BCUT2D eigenvalue weighted by atomic mass is 10.0. The maximum Gasteiger partial charge on any atom is 0.306 e. The summed E-state index contributed by atoms with van der Waals surface area (Å²) in [6.45, 7) is 8.77. The number of carbonyl (C=O) groups excluding carboxylic acids is 3. The molecule has 0 saturated carbocycles. The van der Waals surface area contributed by atoms with E-state index < -0.39 is 6.10 Å². The highest BCUT2D eigenvalue weighted by Gasteiger charge is 2.19. The van der Waals surface area contributed by atoms with Crippen LogP contribution in [0.2, 0.25) is 0 Å². The van der Waals surface area contributed by atoms with E-state index in [1.165, 1.54) is 70.6 Å². The Balaban J connectivity index is 4.29. The number of rotatable bonds is 30. The van der Waals surface area contributed by atoms with Gasteiger partial charge in [-0.25, -0.2) is 0 Å². The summed E-state index contributed by atoms with van der Waals surface area (Å²) in [5.41, 5.74) is 0. The summed E-state index contributed by atoms with van der Waals surface area (Å²) >= 11 is 0. The average Bonchev–Trinajstić information content (AvgIpc) is 2.94. The molecule has 0 aromatic rings. The third kappa shape index (κ3) is 29.7. The summed E-state index contributed by atoms with van der Waals surface area (Å²) in [6.07, 6.45) is 24.2. The molecule has 0 aliphatic heterocycles. The minimum atomic E-state index is -0.755. The van der Waals surface area contributed by atoms with Crippen LogP contribution in [0.3, 0.4) is 0 Å². The van der Waals surface area contributed by atoms with Crippen LogP contribution >= 0.6 is 0 Å². The van der Waals surface area contributed by atoms with Gasteiger partial charge in [0.1, 0.15) is 13.2 Å². The topological polar surface area (TPSA) is 78.9 Å². The highest BCUT2D eigenvalue weighted by atomic mass is 16.6. The molecule has 0 N–H and O–H groups in total. The molecular weight excluding hydrogens is 516 g/mol. The third-order valence-electron chi connectivity index (χ3n) is 7.54. The second kappa shape index (κ2) is 29.9. The van der Waals surface area contributed by atoms with Gasteiger partial charge in [0.15, 0.2) is 6.10 Å². The van der Waals surface area contributed by atoms with Crippen LogP contribution < -0.4 is 0 Å². The SMILES string of the molecule is CCCCCCCCCCCC(=O)OC[C@@H](COC(=O)CCCCCCCCC(C)C)OC(=O)CCCCCCC. The Morgan fingerprint density at radius 3 is 1.20 bits per heavy atom. The number of unbranched alkanes of at least 4 members (excludes halogenated alkanes) is 17. The minimum Gasteiger partial charge on any atom is -0.462 e. The van der Waals surface area contributed by atoms with Gasteiger partial charge in [0.2, 0.25) is 0 Å². The van der Waals surface area contributed by atoms with Crippen molar-refractivity contribution in [1.29, 1.82) is 0 Å². The number of hydrogen-bond donors (Lipinski definition) is 0. The van der Waals surface area contributed by atoms with Crippen molar-refractivity contribution in [3.63, 3.8) is 0 Å². The van der Waals surface area contributed by atoms with Crippen molar-refractivity contribution in [2.75, 3.05) is 13.2 Å². The molecule has 0 unspecified atom stereocenters. The number of esters is 3. The third-order valence-corrected chi connectivity index (χ3v) is 7.54. The molecule has 0 aliphatic rings. The van der Waals surface area contributed by atoms with Crippen molar-refractivity contribution < 1.29 is 28.6 Å². The average molecular weight is 583 g/mol. The van der Waals surface area contributed by atoms with Crippen LogP contribution in [0.1, 0.15) is 182 Å². The summed E-state index contributed by atoms with van der Waals surface area (Å²) in [5.74, 6) is -0.128. The fraction of sp³-hybridized carbons (Fsp3) is 0.914. The molecule has 0 aromatic carbocycles. The number of hydrogen-bond acceptors (Lipinski definition) is 6. The lowest BCUT2D eigenvalue weighted by molar-refractivity contribution is -0.167. The second-order valence-corrected chi connectivity index (χ2v) is 12.3. The van der Waals surface area contributed by atoms with Crippen LogP contribution in [-0.2, 0) is 28.6 Å². The van der Waals surface area contributed by atoms with Gasteiger partial charge in [-0.2, -0.15) is 0 Å². The highest BCUT2D eigenvalue weighted by molar-refractivity contribution is 5.71. The van der Waals surface area contributed by atoms with Gasteiger partial charge in [-0.15, -0.1) is 0 Å². The first-order valence-corrected chi connectivity index (χ1v) is 17.4. The second-order valence-electron chi connectivity index (χ2n) is 12.3. The van der Waals surface area contributed by atoms with Crippen LogP contribution in [0.5, 0.6) is 0 Å². The minimum absolute atomic E-state index is 0.0680. The van der Waals surface area contributed by atoms with E-state index in [1.807, 2.05) is 0 Å². The fourth-order valence-corrected chi connectivity index (χ4v) is 4.86. The predicted octanol–water partition coefficient (Wildman–Crippen LogP) is 10.0. The van der Waals surface area contributed by atoms with Crippen LogP contribution in [-0.4, -0.2) is 37.2 Å². The van der Waals surface area contributed by atoms with Crippen LogP contribution in [0.4, 0.5) is 0 Å². The highest BCUT2D eigenvalue weighted by Crippen LogP contribution is 2.14. The molecule has 0 spiro atoms. The molecule has 0 heterocycles. The molecule has 0 rings (SSSR count). The monoisotopic (exact) mass is 582 g/mol. The zero-order valence-corrected chi connectivity index (χ0v) is 27.5. The maximum absolute atomic E-state index is 12.4. The molecule has 0 radical (unpaired) electrons. The molecule has 0 aromatic heterocycles. The Labute approximate surface area is 253 Å². The first kappa shape index (κ1) is 39.4. The molecule has 6 nitrogen and oxygen atoms in total. The van der Waals surface area contributed by atoms with Gasteiger partial charge in [-0.3, -0.25) is 14.4 Å². The molecule has 0 aliphatic carbocycles. The van der Waals surface area contributed by atoms with Gasteiger partial charge in [-0.1, -0.05) is 143 Å². The Kier molecular flexibility index (Phi) is 28.7. The van der Waals surface area contributed by atoms with E-state index >= 15 is 0 Å². The van der Waals surface area contributed by atoms with Crippen LogP contribution in [0, 0.1) is 5.92 Å². The van der Waals surface area contributed by atoms with Gasteiger partial charge < -0.3 is 14.2 Å². The van der Waals surface area contributed by atoms with E-state index in [1.54, 1.807) is 0 Å². The Morgan fingerprint density at radius 1 is 0.463 bits per heavy atom. The molecule has 242 valence electrons. The molecule has 6 heteroatoms. The van der Waals surface area contributed by atoms with Gasteiger partial charge >= 0.3 is 17.9 Å². The molecular formula is C35H66O6. The van der Waals surface area contributed by atoms with E-state index in [4.69, 9.17) is 14.2 Å². The van der Waals surface area contributed by atoms with Crippen molar-refractivity contribution in [3.8, 4) is 0 Å². The standard InChI is InChI=1S/C35H66O6/c1-5-7-9-11-12-13-14-19-22-26-33(36)39-29-32(41-35(38)28-24-17-10-8-6-2)30-40-34(37)27-23-20-16-15-18-21-25-31(3)4/h31-32H,5-30H2,1-4H3/t32-/m0/s1. The summed E-state index contributed by atoms with van der Waals surface area (Å²) in [7, 11) is 0. The van der Waals surface area contributed by atoms with Gasteiger partial charge in [0.25, 0.3) is 0 Å². The molecule has 1 atom stereocenters. The van der Waals surface area contributed by atoms with E-state index in [2.05, 4.69) is 27.7 Å². The van der Waals surface area contributed by atoms with Gasteiger partial charge in [0.05, 0.1) is 0 Å². The summed E-state index contributed by atoms with van der Waals surface area (Å²) in [4.78, 5) is 37.0. The van der Waals surface area contributed by atoms with Crippen molar-refractivity contribution in [2.24, 2.45) is 5.92 Å². The number of carbonyl (C=O) groups is 3. The largest absolute Gasteiger partial charge is 0.462 e. The Morgan fingerprint density at radius 2 is 0.805 bits per heavy atom. The van der Waals surface area contributed by atoms with E-state index in [0.29, 0.717) is 19.3 Å². The zero-order valence-electron chi connectivity index (χ0n) is 27.5. The van der Waals surface area contributed by atoms with Crippen molar-refractivity contribution in [1.82, 2.24) is 0 Å². The van der Waals surface area contributed by atoms with Crippen molar-refractivity contribution in [2.45, 2.75) is 188 Å². The molecule has 0 saturated heterocycles. The molecule has 0 fully saturated rings. The molecule has 0 amide bonds. The molecule has 0 bridgehead atoms. The maximum atomic E-state index is 12.4. The predicted molar refractivity (Wildman–Crippen MR) is 169 cm³/mol. The van der Waals surface area contributed by atoms with E-state index in [0.717, 1.165) is 70.1 Å². The number of ether oxygens (including phenoxy) is 3. The summed E-state index contributed by atoms with van der Waals surface area (Å²) < 4.78 is 16.4. The lowest BCUT2D eigenvalue weighted by Crippen LogP contribution is -2.30. The fourth-order valence-electron chi connectivity index (χ4n) is 4.86. The summed E-state index contributed by atoms with van der Waals surface area (Å²) in [5, 5.41) is 0. The van der Waals surface area contributed by atoms with Crippen LogP contribution in [0.15, 0.2) is 0 Å². The lowest BCUT2D eigenvalue weighted by Gasteiger charge is -2.18. The quantitative estimate of drug-likeness (QED) is 0.0476. The first-order valence-electron chi connectivity index (χ1n) is 17.4. The first-order chi connectivity index (χ1) is 19.9. The smallest absolute Gasteiger partial charge is 0.306 e.